The summed E-state index contributed by atoms with van der Waals surface area (Å²) in [5.74, 6) is -0.121. The van der Waals surface area contributed by atoms with Crippen molar-refractivity contribution in [2.24, 2.45) is 0 Å². The number of benzene rings is 2. The highest BCUT2D eigenvalue weighted by atomic mass is 35.5. The number of nitrogens with zero attached hydrogens (tertiary/aromatic N) is 5. The number of aromatic nitrogens is 5. The maximum absolute atomic E-state index is 13.0. The molecule has 0 saturated heterocycles. The second-order valence-corrected chi connectivity index (χ2v) is 7.05. The molecule has 150 valence electrons. The van der Waals surface area contributed by atoms with Crippen LogP contribution in [0.1, 0.15) is 22.6 Å². The van der Waals surface area contributed by atoms with Crippen molar-refractivity contribution in [1.82, 2.24) is 25.2 Å². The second kappa shape index (κ2) is 8.42. The summed E-state index contributed by atoms with van der Waals surface area (Å²) in [5, 5.41) is 12.8. The molecule has 0 fully saturated rings. The zero-order valence-corrected chi connectivity index (χ0v) is 17.2. The van der Waals surface area contributed by atoms with Crippen molar-refractivity contribution < 1.29 is 9.53 Å². The van der Waals surface area contributed by atoms with Crippen LogP contribution in [0.15, 0.2) is 54.6 Å². The predicted octanol–water partition coefficient (Wildman–Crippen LogP) is 4.23. The van der Waals surface area contributed by atoms with Gasteiger partial charge in [0, 0.05) is 5.39 Å². The van der Waals surface area contributed by atoms with Gasteiger partial charge in [0.15, 0.2) is 11.5 Å². The lowest BCUT2D eigenvalue weighted by molar-refractivity contribution is -0.138. The smallest absolute Gasteiger partial charge is 0.357 e. The molecular formula is C22H18ClN5O2. The van der Waals surface area contributed by atoms with Gasteiger partial charge in [-0.25, -0.2) is 9.78 Å². The van der Waals surface area contributed by atoms with E-state index in [9.17, 15) is 4.79 Å². The van der Waals surface area contributed by atoms with Crippen molar-refractivity contribution in [1.29, 1.82) is 0 Å². The van der Waals surface area contributed by atoms with E-state index in [1.165, 1.54) is 4.68 Å². The number of esters is 1. The van der Waals surface area contributed by atoms with Gasteiger partial charge in [-0.05, 0) is 47.5 Å². The molecule has 0 atom stereocenters. The quantitative estimate of drug-likeness (QED) is 0.355. The van der Waals surface area contributed by atoms with Gasteiger partial charge in [-0.15, -0.1) is 5.10 Å². The van der Waals surface area contributed by atoms with E-state index in [0.29, 0.717) is 16.5 Å². The third kappa shape index (κ3) is 3.92. The number of rotatable bonds is 5. The molecule has 0 aliphatic carbocycles. The first-order valence-corrected chi connectivity index (χ1v) is 9.65. The van der Waals surface area contributed by atoms with Crippen LogP contribution < -0.4 is 0 Å². The fraction of sp³-hybridized carbons (Fsp3) is 0.136. The maximum Gasteiger partial charge on any atom is 0.357 e. The molecule has 0 amide bonds. The Labute approximate surface area is 178 Å². The molecule has 8 heteroatoms. The van der Waals surface area contributed by atoms with Crippen molar-refractivity contribution in [3.63, 3.8) is 0 Å². The Kier molecular flexibility index (Phi) is 5.54. The van der Waals surface area contributed by atoms with Crippen LogP contribution in [-0.2, 0) is 16.1 Å². The minimum atomic E-state index is -0.585. The highest BCUT2D eigenvalue weighted by Crippen LogP contribution is 2.27. The van der Waals surface area contributed by atoms with Crippen molar-refractivity contribution in [2.75, 3.05) is 0 Å². The zero-order valence-electron chi connectivity index (χ0n) is 16.4. The third-order valence-electron chi connectivity index (χ3n) is 4.65. The number of fused-ring (bicyclic) bond motifs is 1. The number of hydrogen-bond donors (Lipinski definition) is 0. The number of carbonyl (C=O) groups excluding carboxylic acids is 1. The van der Waals surface area contributed by atoms with E-state index < -0.39 is 5.97 Å². The molecular weight excluding hydrogens is 402 g/mol. The first-order valence-electron chi connectivity index (χ1n) is 9.27. The minimum absolute atomic E-state index is 0.0728. The van der Waals surface area contributed by atoms with E-state index in [0.717, 1.165) is 22.0 Å². The molecule has 0 aliphatic rings. The van der Waals surface area contributed by atoms with E-state index in [2.05, 4.69) is 20.5 Å². The molecule has 2 heterocycles. The van der Waals surface area contributed by atoms with E-state index in [4.69, 9.17) is 16.3 Å². The first-order chi connectivity index (χ1) is 14.5. The van der Waals surface area contributed by atoms with Gasteiger partial charge in [-0.2, -0.15) is 4.68 Å². The van der Waals surface area contributed by atoms with Crippen molar-refractivity contribution in [3.8, 4) is 0 Å². The molecule has 0 radical (unpaired) electrons. The normalized spacial score (nSPS) is 11.6. The molecule has 2 aromatic carbocycles. The lowest BCUT2D eigenvalue weighted by Gasteiger charge is -2.12. The first kappa shape index (κ1) is 19.7. The van der Waals surface area contributed by atoms with E-state index in [1.807, 2.05) is 61.5 Å². The van der Waals surface area contributed by atoms with Crippen LogP contribution in [0.25, 0.3) is 22.7 Å². The summed E-state index contributed by atoms with van der Waals surface area (Å²) < 4.78 is 6.90. The number of pyridine rings is 1. The van der Waals surface area contributed by atoms with Gasteiger partial charge < -0.3 is 4.74 Å². The number of tetrazole rings is 1. The highest BCUT2D eigenvalue weighted by molar-refractivity contribution is 6.32. The number of carbonyl (C=O) groups is 1. The fourth-order valence-electron chi connectivity index (χ4n) is 3.09. The number of aryl methyl sites for hydroxylation is 2. The molecule has 0 bridgehead atoms. The molecule has 30 heavy (non-hydrogen) atoms. The minimum Gasteiger partial charge on any atom is -0.454 e. The average molecular weight is 420 g/mol. The molecule has 2 aromatic heterocycles. The lowest BCUT2D eigenvalue weighted by Crippen LogP contribution is -2.15. The number of ether oxygens (including phenoxy) is 1. The Morgan fingerprint density at radius 2 is 1.83 bits per heavy atom. The predicted molar refractivity (Wildman–Crippen MR) is 114 cm³/mol. The second-order valence-electron chi connectivity index (χ2n) is 6.67. The largest absolute Gasteiger partial charge is 0.454 e. The van der Waals surface area contributed by atoms with Crippen molar-refractivity contribution in [3.05, 3.63) is 82.3 Å². The van der Waals surface area contributed by atoms with Crippen LogP contribution in [0.4, 0.5) is 0 Å². The van der Waals surface area contributed by atoms with Gasteiger partial charge in [0.25, 0.3) is 0 Å². The van der Waals surface area contributed by atoms with Gasteiger partial charge in [-0.1, -0.05) is 60.1 Å². The molecule has 0 saturated carbocycles. The number of halogens is 1. The highest BCUT2D eigenvalue weighted by Gasteiger charge is 2.19. The van der Waals surface area contributed by atoms with Gasteiger partial charge in [0.2, 0.25) is 0 Å². The van der Waals surface area contributed by atoms with Crippen LogP contribution in [0, 0.1) is 13.8 Å². The van der Waals surface area contributed by atoms with Crippen LogP contribution in [0.2, 0.25) is 5.02 Å². The van der Waals surface area contributed by atoms with Crippen LogP contribution in [0.5, 0.6) is 0 Å². The van der Waals surface area contributed by atoms with Crippen LogP contribution >= 0.6 is 11.6 Å². The SMILES string of the molecule is Cc1c(Cl)c(COC(=O)/C(=C/c2ccccc2)n2nnnc2C)nc2ccccc12. The molecule has 0 unspecified atom stereocenters. The zero-order chi connectivity index (χ0) is 21.1. The summed E-state index contributed by atoms with van der Waals surface area (Å²) in [4.78, 5) is 17.5. The van der Waals surface area contributed by atoms with E-state index in [1.54, 1.807) is 13.0 Å². The summed E-state index contributed by atoms with van der Waals surface area (Å²) in [6.45, 7) is 3.55. The molecule has 4 rings (SSSR count). The fourth-order valence-corrected chi connectivity index (χ4v) is 3.29. The average Bonchev–Trinajstić information content (AvgIpc) is 3.19. The van der Waals surface area contributed by atoms with E-state index >= 15 is 0 Å². The van der Waals surface area contributed by atoms with Crippen molar-refractivity contribution >= 4 is 40.2 Å². The topological polar surface area (TPSA) is 82.8 Å². The summed E-state index contributed by atoms with van der Waals surface area (Å²) in [5.41, 5.74) is 3.19. The Bertz CT molecular complexity index is 1250. The monoisotopic (exact) mass is 419 g/mol. The summed E-state index contributed by atoms with van der Waals surface area (Å²) in [7, 11) is 0. The Morgan fingerprint density at radius 3 is 2.57 bits per heavy atom. The summed E-state index contributed by atoms with van der Waals surface area (Å²) in [6, 6.07) is 17.1. The number of hydrogen-bond acceptors (Lipinski definition) is 6. The van der Waals surface area contributed by atoms with Gasteiger partial charge >= 0.3 is 5.97 Å². The molecule has 4 aromatic rings. The van der Waals surface area contributed by atoms with Gasteiger partial charge in [0.1, 0.15) is 6.61 Å². The lowest BCUT2D eigenvalue weighted by atomic mass is 10.1. The Hall–Kier alpha value is -3.58. The standard InChI is InChI=1S/C22H18ClN5O2/c1-14-17-10-6-7-11-18(17)24-19(21(14)23)13-30-22(29)20(28-15(2)25-26-27-28)12-16-8-4-3-5-9-16/h3-12H,13H2,1-2H3/b20-12-. The summed E-state index contributed by atoms with van der Waals surface area (Å²) >= 11 is 6.48. The molecule has 7 nitrogen and oxygen atoms in total. The van der Waals surface area contributed by atoms with Crippen LogP contribution in [-0.4, -0.2) is 31.2 Å². The molecule has 0 aliphatic heterocycles. The Balaban J connectivity index is 1.64. The summed E-state index contributed by atoms with van der Waals surface area (Å²) in [6.07, 6.45) is 1.67. The van der Waals surface area contributed by atoms with Gasteiger partial charge in [0.05, 0.1) is 16.2 Å². The third-order valence-corrected chi connectivity index (χ3v) is 5.15. The molecule has 0 spiro atoms. The molecule has 0 N–H and O–H groups in total. The number of para-hydroxylation sites is 1. The van der Waals surface area contributed by atoms with Crippen molar-refractivity contribution in [2.45, 2.75) is 20.5 Å². The maximum atomic E-state index is 13.0. The Morgan fingerprint density at radius 1 is 1.10 bits per heavy atom. The van der Waals surface area contributed by atoms with E-state index in [-0.39, 0.29) is 12.3 Å². The van der Waals surface area contributed by atoms with Gasteiger partial charge in [-0.3, -0.25) is 0 Å². The van der Waals surface area contributed by atoms with Crippen LogP contribution in [0.3, 0.4) is 0 Å².